The SMILES string of the molecule is CC(CCCO)NC(=O)c1ccc(Br)c(N)c1. The third-order valence-corrected chi connectivity index (χ3v) is 3.15. The summed E-state index contributed by atoms with van der Waals surface area (Å²) in [5.41, 5.74) is 6.79. The standard InChI is InChI=1S/C12H17BrN2O2/c1-8(3-2-6-16)15-12(17)9-4-5-10(13)11(14)7-9/h4-5,7-8,16H,2-3,6,14H2,1H3,(H,15,17). The van der Waals surface area contributed by atoms with Crippen molar-refractivity contribution in [3.63, 3.8) is 0 Å². The number of aliphatic hydroxyl groups is 1. The van der Waals surface area contributed by atoms with E-state index in [0.29, 0.717) is 17.7 Å². The highest BCUT2D eigenvalue weighted by atomic mass is 79.9. The molecular weight excluding hydrogens is 284 g/mol. The van der Waals surface area contributed by atoms with Gasteiger partial charge in [-0.2, -0.15) is 0 Å². The summed E-state index contributed by atoms with van der Waals surface area (Å²) in [5, 5.41) is 11.6. The van der Waals surface area contributed by atoms with Gasteiger partial charge in [0.2, 0.25) is 0 Å². The summed E-state index contributed by atoms with van der Waals surface area (Å²) in [4.78, 5) is 11.8. The number of rotatable bonds is 5. The van der Waals surface area contributed by atoms with Crippen molar-refractivity contribution >= 4 is 27.5 Å². The zero-order chi connectivity index (χ0) is 12.8. The summed E-state index contributed by atoms with van der Waals surface area (Å²) in [6.45, 7) is 2.06. The third-order valence-electron chi connectivity index (χ3n) is 2.43. The smallest absolute Gasteiger partial charge is 0.251 e. The summed E-state index contributed by atoms with van der Waals surface area (Å²) in [6.07, 6.45) is 1.44. The summed E-state index contributed by atoms with van der Waals surface area (Å²) < 4.78 is 0.780. The molecule has 1 amide bonds. The normalized spacial score (nSPS) is 12.2. The van der Waals surface area contributed by atoms with Crippen LogP contribution in [0, 0.1) is 0 Å². The summed E-state index contributed by atoms with van der Waals surface area (Å²) in [5.74, 6) is -0.144. The Morgan fingerprint density at radius 1 is 1.59 bits per heavy atom. The molecule has 94 valence electrons. The van der Waals surface area contributed by atoms with Gasteiger partial charge in [0.1, 0.15) is 0 Å². The van der Waals surface area contributed by atoms with E-state index in [0.717, 1.165) is 10.9 Å². The maximum Gasteiger partial charge on any atom is 0.251 e. The van der Waals surface area contributed by atoms with Crippen molar-refractivity contribution in [1.82, 2.24) is 5.32 Å². The molecule has 4 N–H and O–H groups in total. The van der Waals surface area contributed by atoms with Crippen LogP contribution in [0.15, 0.2) is 22.7 Å². The molecule has 0 fully saturated rings. The fourth-order valence-electron chi connectivity index (χ4n) is 1.46. The van der Waals surface area contributed by atoms with Crippen molar-refractivity contribution in [3.05, 3.63) is 28.2 Å². The van der Waals surface area contributed by atoms with Crippen LogP contribution >= 0.6 is 15.9 Å². The van der Waals surface area contributed by atoms with E-state index in [9.17, 15) is 4.79 Å². The molecule has 1 aromatic carbocycles. The predicted octanol–water partition coefficient (Wildman–Crippen LogP) is 1.92. The predicted molar refractivity (Wildman–Crippen MR) is 71.8 cm³/mol. The van der Waals surface area contributed by atoms with Crippen LogP contribution in [0.3, 0.4) is 0 Å². The van der Waals surface area contributed by atoms with Crippen molar-refractivity contribution in [2.75, 3.05) is 12.3 Å². The minimum absolute atomic E-state index is 0.0412. The molecule has 5 heteroatoms. The Hall–Kier alpha value is -1.07. The molecule has 0 bridgehead atoms. The molecule has 0 saturated carbocycles. The Morgan fingerprint density at radius 3 is 2.88 bits per heavy atom. The lowest BCUT2D eigenvalue weighted by molar-refractivity contribution is 0.0936. The Bertz CT molecular complexity index is 396. The number of aliphatic hydroxyl groups excluding tert-OH is 1. The number of nitrogens with one attached hydrogen (secondary N) is 1. The number of amides is 1. The van der Waals surface area contributed by atoms with Crippen LogP contribution in [0.4, 0.5) is 5.69 Å². The maximum absolute atomic E-state index is 11.8. The van der Waals surface area contributed by atoms with E-state index in [2.05, 4.69) is 21.2 Å². The van der Waals surface area contributed by atoms with Gasteiger partial charge in [-0.25, -0.2) is 0 Å². The van der Waals surface area contributed by atoms with Gasteiger partial charge >= 0.3 is 0 Å². The number of nitrogen functional groups attached to an aromatic ring is 1. The van der Waals surface area contributed by atoms with Gasteiger partial charge in [-0.1, -0.05) is 0 Å². The Labute approximate surface area is 109 Å². The topological polar surface area (TPSA) is 75.3 Å². The van der Waals surface area contributed by atoms with Crippen LogP contribution in [0.1, 0.15) is 30.1 Å². The van der Waals surface area contributed by atoms with E-state index in [1.54, 1.807) is 18.2 Å². The molecule has 0 aromatic heterocycles. The lowest BCUT2D eigenvalue weighted by Crippen LogP contribution is -2.32. The molecule has 0 aliphatic carbocycles. The van der Waals surface area contributed by atoms with E-state index in [-0.39, 0.29) is 18.6 Å². The van der Waals surface area contributed by atoms with Gasteiger partial charge in [0.05, 0.1) is 0 Å². The van der Waals surface area contributed by atoms with E-state index >= 15 is 0 Å². The number of carbonyl (C=O) groups is 1. The largest absolute Gasteiger partial charge is 0.398 e. The Morgan fingerprint density at radius 2 is 2.29 bits per heavy atom. The summed E-state index contributed by atoms with van der Waals surface area (Å²) >= 11 is 3.28. The van der Waals surface area contributed by atoms with Gasteiger partial charge in [0, 0.05) is 28.4 Å². The molecule has 1 aromatic rings. The lowest BCUT2D eigenvalue weighted by atomic mass is 10.1. The minimum atomic E-state index is -0.144. The van der Waals surface area contributed by atoms with Crippen LogP contribution in [-0.2, 0) is 0 Å². The average molecular weight is 301 g/mol. The number of benzene rings is 1. The first-order valence-electron chi connectivity index (χ1n) is 5.51. The quantitative estimate of drug-likeness (QED) is 0.727. The Kier molecular flexibility index (Phi) is 5.44. The van der Waals surface area contributed by atoms with Gasteiger partial charge in [0.15, 0.2) is 0 Å². The Balaban J connectivity index is 2.60. The van der Waals surface area contributed by atoms with Gasteiger partial charge in [-0.15, -0.1) is 0 Å². The second-order valence-electron chi connectivity index (χ2n) is 3.98. The highest BCUT2D eigenvalue weighted by Gasteiger charge is 2.10. The molecule has 0 aliphatic heterocycles. The van der Waals surface area contributed by atoms with Gasteiger partial charge in [-0.3, -0.25) is 4.79 Å². The number of halogens is 1. The van der Waals surface area contributed by atoms with Crippen LogP contribution in [0.25, 0.3) is 0 Å². The van der Waals surface area contributed by atoms with Crippen molar-refractivity contribution in [1.29, 1.82) is 0 Å². The number of hydrogen-bond acceptors (Lipinski definition) is 3. The van der Waals surface area contributed by atoms with Crippen LogP contribution < -0.4 is 11.1 Å². The molecule has 0 spiro atoms. The molecule has 1 atom stereocenters. The van der Waals surface area contributed by atoms with Crippen molar-refractivity contribution in [2.45, 2.75) is 25.8 Å². The maximum atomic E-state index is 11.8. The molecule has 0 aliphatic rings. The van der Waals surface area contributed by atoms with E-state index < -0.39 is 0 Å². The number of nitrogens with two attached hydrogens (primary N) is 1. The second kappa shape index (κ2) is 6.61. The van der Waals surface area contributed by atoms with Gasteiger partial charge in [-0.05, 0) is 53.9 Å². The molecule has 0 radical (unpaired) electrons. The minimum Gasteiger partial charge on any atom is -0.398 e. The fourth-order valence-corrected chi connectivity index (χ4v) is 1.71. The van der Waals surface area contributed by atoms with Crippen molar-refractivity contribution < 1.29 is 9.90 Å². The number of anilines is 1. The highest BCUT2D eigenvalue weighted by Crippen LogP contribution is 2.20. The monoisotopic (exact) mass is 300 g/mol. The molecule has 1 unspecified atom stereocenters. The van der Waals surface area contributed by atoms with Crippen molar-refractivity contribution in [2.24, 2.45) is 0 Å². The van der Waals surface area contributed by atoms with Gasteiger partial charge in [0.25, 0.3) is 5.91 Å². The molecule has 0 saturated heterocycles. The zero-order valence-electron chi connectivity index (χ0n) is 9.74. The summed E-state index contributed by atoms with van der Waals surface area (Å²) in [7, 11) is 0. The van der Waals surface area contributed by atoms with Crippen LogP contribution in [0.5, 0.6) is 0 Å². The third kappa shape index (κ3) is 4.36. The van der Waals surface area contributed by atoms with Crippen LogP contribution in [-0.4, -0.2) is 23.7 Å². The summed E-state index contributed by atoms with van der Waals surface area (Å²) in [6, 6.07) is 5.15. The highest BCUT2D eigenvalue weighted by molar-refractivity contribution is 9.10. The number of carbonyl (C=O) groups excluding carboxylic acids is 1. The second-order valence-corrected chi connectivity index (χ2v) is 4.83. The first kappa shape index (κ1) is 14.0. The zero-order valence-corrected chi connectivity index (χ0v) is 11.3. The molecule has 4 nitrogen and oxygen atoms in total. The molecular formula is C12H17BrN2O2. The van der Waals surface area contributed by atoms with E-state index in [1.807, 2.05) is 6.92 Å². The van der Waals surface area contributed by atoms with Crippen LogP contribution in [0.2, 0.25) is 0 Å². The first-order chi connectivity index (χ1) is 8.04. The van der Waals surface area contributed by atoms with Crippen molar-refractivity contribution in [3.8, 4) is 0 Å². The fraction of sp³-hybridized carbons (Fsp3) is 0.417. The lowest BCUT2D eigenvalue weighted by Gasteiger charge is -2.13. The van der Waals surface area contributed by atoms with E-state index in [1.165, 1.54) is 0 Å². The first-order valence-corrected chi connectivity index (χ1v) is 6.30. The molecule has 1 rings (SSSR count). The average Bonchev–Trinajstić information content (AvgIpc) is 2.30. The molecule has 17 heavy (non-hydrogen) atoms. The number of hydrogen-bond donors (Lipinski definition) is 3. The molecule has 0 heterocycles. The van der Waals surface area contributed by atoms with E-state index in [4.69, 9.17) is 10.8 Å². The van der Waals surface area contributed by atoms with Gasteiger partial charge < -0.3 is 16.2 Å².